The van der Waals surface area contributed by atoms with Crippen LogP contribution in [0.4, 0.5) is 4.39 Å². The lowest BCUT2D eigenvalue weighted by Crippen LogP contribution is -2.09. The molecule has 4 nitrogen and oxygen atoms in total. The molecule has 0 unspecified atom stereocenters. The molecule has 84 valence electrons. The lowest BCUT2D eigenvalue weighted by Gasteiger charge is -2.05. The molecule has 0 aliphatic rings. The van der Waals surface area contributed by atoms with Crippen LogP contribution >= 0.6 is 0 Å². The Bertz CT molecular complexity index is 449. The highest BCUT2D eigenvalue weighted by atomic mass is 19.1. The first-order valence-corrected chi connectivity index (χ1v) is 5.11. The Hall–Kier alpha value is -1.75. The number of rotatable bonds is 4. The van der Waals surface area contributed by atoms with Crippen molar-refractivity contribution in [1.82, 2.24) is 14.8 Å². The fourth-order valence-corrected chi connectivity index (χ4v) is 1.52. The van der Waals surface area contributed by atoms with E-state index in [1.54, 1.807) is 18.5 Å². The summed E-state index contributed by atoms with van der Waals surface area (Å²) in [5.41, 5.74) is 6.59. The molecule has 0 bridgehead atoms. The quantitative estimate of drug-likeness (QED) is 0.840. The fraction of sp³-hybridized carbons (Fsp3) is 0.273. The van der Waals surface area contributed by atoms with E-state index >= 15 is 0 Å². The fourth-order valence-electron chi connectivity index (χ4n) is 1.52. The van der Waals surface area contributed by atoms with Crippen LogP contribution in [0.2, 0.25) is 0 Å². The van der Waals surface area contributed by atoms with Crippen molar-refractivity contribution in [2.24, 2.45) is 5.73 Å². The summed E-state index contributed by atoms with van der Waals surface area (Å²) in [7, 11) is 0. The molecule has 5 heteroatoms. The van der Waals surface area contributed by atoms with E-state index in [9.17, 15) is 4.39 Å². The van der Waals surface area contributed by atoms with Crippen molar-refractivity contribution >= 4 is 0 Å². The van der Waals surface area contributed by atoms with E-state index in [1.165, 1.54) is 12.1 Å². The first kappa shape index (κ1) is 10.8. The first-order chi connectivity index (χ1) is 7.79. The maximum absolute atomic E-state index is 12.7. The second kappa shape index (κ2) is 4.85. The number of aromatic nitrogens is 3. The van der Waals surface area contributed by atoms with Gasteiger partial charge in [0.1, 0.15) is 18.0 Å². The molecule has 0 radical (unpaired) electrons. The van der Waals surface area contributed by atoms with Gasteiger partial charge in [-0.15, -0.1) is 10.2 Å². The van der Waals surface area contributed by atoms with Gasteiger partial charge < -0.3 is 10.3 Å². The Balaban J connectivity index is 1.99. The molecule has 0 saturated heterocycles. The van der Waals surface area contributed by atoms with Crippen LogP contribution < -0.4 is 5.73 Å². The molecule has 0 spiro atoms. The highest BCUT2D eigenvalue weighted by Crippen LogP contribution is 2.05. The normalized spacial score (nSPS) is 10.6. The number of nitrogens with two attached hydrogens (primary N) is 1. The summed E-state index contributed by atoms with van der Waals surface area (Å²) in [4.78, 5) is 0. The van der Waals surface area contributed by atoms with Crippen molar-refractivity contribution in [3.05, 3.63) is 47.8 Å². The van der Waals surface area contributed by atoms with Crippen LogP contribution in [0.25, 0.3) is 0 Å². The lowest BCUT2D eigenvalue weighted by molar-refractivity contribution is 0.623. The van der Waals surface area contributed by atoms with E-state index in [1.807, 2.05) is 4.57 Å². The third-order valence-electron chi connectivity index (χ3n) is 2.43. The highest BCUT2D eigenvalue weighted by molar-refractivity contribution is 5.16. The number of halogens is 1. The predicted octanol–water partition coefficient (Wildman–Crippen LogP) is 1.12. The van der Waals surface area contributed by atoms with Crippen molar-refractivity contribution in [2.45, 2.75) is 19.5 Å². The van der Waals surface area contributed by atoms with Gasteiger partial charge in [0.05, 0.1) is 6.54 Å². The van der Waals surface area contributed by atoms with Crippen LogP contribution in [0, 0.1) is 5.82 Å². The van der Waals surface area contributed by atoms with Crippen LogP contribution in [0.1, 0.15) is 11.4 Å². The van der Waals surface area contributed by atoms with Gasteiger partial charge in [0.15, 0.2) is 0 Å². The van der Waals surface area contributed by atoms with E-state index < -0.39 is 0 Å². The molecular formula is C11H13FN4. The zero-order valence-corrected chi connectivity index (χ0v) is 8.81. The van der Waals surface area contributed by atoms with Gasteiger partial charge in [0, 0.05) is 6.54 Å². The molecule has 0 atom stereocenters. The van der Waals surface area contributed by atoms with Gasteiger partial charge in [-0.05, 0) is 24.1 Å². The maximum atomic E-state index is 12.7. The standard InChI is InChI=1S/C11H13FN4/c12-10-3-1-9(2-4-10)5-6-16-8-14-15-11(16)7-13/h1-4,8H,5-7,13H2. The van der Waals surface area contributed by atoms with Gasteiger partial charge >= 0.3 is 0 Å². The molecule has 0 aliphatic carbocycles. The molecular weight excluding hydrogens is 207 g/mol. The van der Waals surface area contributed by atoms with Crippen LogP contribution in [-0.2, 0) is 19.5 Å². The Morgan fingerprint density at radius 2 is 2.00 bits per heavy atom. The maximum Gasteiger partial charge on any atom is 0.146 e. The van der Waals surface area contributed by atoms with Gasteiger partial charge in [0.25, 0.3) is 0 Å². The minimum Gasteiger partial charge on any atom is -0.324 e. The summed E-state index contributed by atoms with van der Waals surface area (Å²) in [5, 5.41) is 7.68. The van der Waals surface area contributed by atoms with E-state index in [-0.39, 0.29) is 5.82 Å². The zero-order valence-electron chi connectivity index (χ0n) is 8.81. The molecule has 2 N–H and O–H groups in total. The van der Waals surface area contributed by atoms with Crippen LogP contribution in [-0.4, -0.2) is 14.8 Å². The van der Waals surface area contributed by atoms with E-state index in [0.29, 0.717) is 6.54 Å². The lowest BCUT2D eigenvalue weighted by atomic mass is 10.1. The number of hydrogen-bond acceptors (Lipinski definition) is 3. The van der Waals surface area contributed by atoms with E-state index in [0.717, 1.165) is 24.4 Å². The molecule has 1 heterocycles. The van der Waals surface area contributed by atoms with Gasteiger partial charge in [-0.2, -0.15) is 0 Å². The van der Waals surface area contributed by atoms with Gasteiger partial charge in [-0.25, -0.2) is 4.39 Å². The van der Waals surface area contributed by atoms with Crippen molar-refractivity contribution in [3.63, 3.8) is 0 Å². The average Bonchev–Trinajstić information content (AvgIpc) is 2.76. The summed E-state index contributed by atoms with van der Waals surface area (Å²) < 4.78 is 14.6. The molecule has 1 aromatic heterocycles. The van der Waals surface area contributed by atoms with Gasteiger partial charge in [0.2, 0.25) is 0 Å². The summed E-state index contributed by atoms with van der Waals surface area (Å²) in [5.74, 6) is 0.554. The predicted molar refractivity (Wildman–Crippen MR) is 58.0 cm³/mol. The number of aryl methyl sites for hydroxylation is 2. The molecule has 2 aromatic rings. The van der Waals surface area contributed by atoms with Gasteiger partial charge in [-0.3, -0.25) is 0 Å². The molecule has 0 amide bonds. The minimum absolute atomic E-state index is 0.212. The molecule has 2 rings (SSSR count). The Morgan fingerprint density at radius 1 is 1.25 bits per heavy atom. The Morgan fingerprint density at radius 3 is 2.69 bits per heavy atom. The molecule has 0 aliphatic heterocycles. The number of hydrogen-bond donors (Lipinski definition) is 1. The molecule has 0 saturated carbocycles. The zero-order chi connectivity index (χ0) is 11.4. The van der Waals surface area contributed by atoms with Crippen LogP contribution in [0.15, 0.2) is 30.6 Å². The van der Waals surface area contributed by atoms with Crippen molar-refractivity contribution < 1.29 is 4.39 Å². The van der Waals surface area contributed by atoms with Crippen molar-refractivity contribution in [2.75, 3.05) is 0 Å². The van der Waals surface area contributed by atoms with E-state index in [4.69, 9.17) is 5.73 Å². The second-order valence-corrected chi connectivity index (χ2v) is 3.52. The Kier molecular flexibility index (Phi) is 3.26. The summed E-state index contributed by atoms with van der Waals surface area (Å²) >= 11 is 0. The third-order valence-corrected chi connectivity index (χ3v) is 2.43. The smallest absolute Gasteiger partial charge is 0.146 e. The van der Waals surface area contributed by atoms with Gasteiger partial charge in [-0.1, -0.05) is 12.1 Å². The van der Waals surface area contributed by atoms with Crippen molar-refractivity contribution in [3.8, 4) is 0 Å². The highest BCUT2D eigenvalue weighted by Gasteiger charge is 2.01. The molecule has 1 aromatic carbocycles. The largest absolute Gasteiger partial charge is 0.324 e. The second-order valence-electron chi connectivity index (χ2n) is 3.52. The third kappa shape index (κ3) is 2.43. The van der Waals surface area contributed by atoms with Crippen LogP contribution in [0.3, 0.4) is 0 Å². The number of nitrogens with zero attached hydrogens (tertiary/aromatic N) is 3. The first-order valence-electron chi connectivity index (χ1n) is 5.11. The molecule has 16 heavy (non-hydrogen) atoms. The average molecular weight is 220 g/mol. The number of benzene rings is 1. The monoisotopic (exact) mass is 220 g/mol. The summed E-state index contributed by atoms with van der Waals surface area (Å²) in [6.07, 6.45) is 2.47. The SMILES string of the molecule is NCc1nncn1CCc1ccc(F)cc1. The van der Waals surface area contributed by atoms with E-state index in [2.05, 4.69) is 10.2 Å². The summed E-state index contributed by atoms with van der Waals surface area (Å²) in [6, 6.07) is 6.49. The molecule has 0 fully saturated rings. The van der Waals surface area contributed by atoms with Crippen molar-refractivity contribution in [1.29, 1.82) is 0 Å². The summed E-state index contributed by atoms with van der Waals surface area (Å²) in [6.45, 7) is 1.13. The minimum atomic E-state index is -0.212. The van der Waals surface area contributed by atoms with Crippen LogP contribution in [0.5, 0.6) is 0 Å². The topological polar surface area (TPSA) is 56.7 Å². The Labute approximate surface area is 92.9 Å².